The van der Waals surface area contributed by atoms with Crippen molar-refractivity contribution in [3.63, 3.8) is 0 Å². The van der Waals surface area contributed by atoms with Crippen LogP contribution in [0, 0.1) is 0 Å². The van der Waals surface area contributed by atoms with Gasteiger partial charge in [0.25, 0.3) is 0 Å². The average molecular weight is 258 g/mol. The molecule has 0 aliphatic heterocycles. The maximum Gasteiger partial charge on any atom is 0.0813 e. The summed E-state index contributed by atoms with van der Waals surface area (Å²) in [5, 5.41) is 9.89. The van der Waals surface area contributed by atoms with E-state index in [0.29, 0.717) is 0 Å². The van der Waals surface area contributed by atoms with E-state index in [2.05, 4.69) is 20.8 Å². The molecule has 0 spiro atoms. The van der Waals surface area contributed by atoms with Crippen molar-refractivity contribution in [3.8, 4) is 0 Å². The van der Waals surface area contributed by atoms with E-state index in [0.717, 1.165) is 23.0 Å². The van der Waals surface area contributed by atoms with Crippen LogP contribution in [0.1, 0.15) is 18.1 Å². The predicted molar refractivity (Wildman–Crippen MR) is 62.3 cm³/mol. The topological polar surface area (TPSA) is 23.5 Å². The van der Waals surface area contributed by atoms with Gasteiger partial charge in [0, 0.05) is 11.0 Å². The number of hydrogen-bond acceptors (Lipinski definition) is 2. The van der Waals surface area contributed by atoms with E-state index >= 15 is 0 Å². The summed E-state index contributed by atoms with van der Waals surface area (Å²) in [6, 6.07) is 7.80. The average Bonchev–Trinajstić information content (AvgIpc) is 2.15. The maximum absolute atomic E-state index is 9.89. The lowest BCUT2D eigenvalue weighted by Gasteiger charge is -2.15. The first-order valence-corrected chi connectivity index (χ1v) is 5.48. The summed E-state index contributed by atoms with van der Waals surface area (Å²) in [5.41, 5.74) is 0.967. The molecule has 0 heterocycles. The van der Waals surface area contributed by atoms with Crippen molar-refractivity contribution in [2.45, 2.75) is 12.5 Å². The fraction of sp³-hybridized carbons (Fsp3) is 0.455. The fourth-order valence-electron chi connectivity index (χ4n) is 1.28. The Morgan fingerprint density at radius 3 is 2.57 bits per heavy atom. The van der Waals surface area contributed by atoms with Gasteiger partial charge in [0.15, 0.2) is 0 Å². The van der Waals surface area contributed by atoms with Gasteiger partial charge in [0.1, 0.15) is 0 Å². The highest BCUT2D eigenvalue weighted by molar-refractivity contribution is 9.10. The predicted octanol–water partition coefficient (Wildman–Crippen LogP) is 2.43. The number of rotatable bonds is 4. The van der Waals surface area contributed by atoms with E-state index in [1.54, 1.807) is 0 Å². The van der Waals surface area contributed by atoms with Gasteiger partial charge in [-0.25, -0.2) is 0 Å². The second-order valence-corrected chi connectivity index (χ2v) is 4.48. The molecule has 0 saturated carbocycles. The molecule has 0 fully saturated rings. The molecule has 2 nitrogen and oxygen atoms in total. The van der Waals surface area contributed by atoms with Crippen molar-refractivity contribution in [2.24, 2.45) is 0 Å². The van der Waals surface area contributed by atoms with Crippen molar-refractivity contribution < 1.29 is 5.11 Å². The van der Waals surface area contributed by atoms with Gasteiger partial charge in [-0.2, -0.15) is 0 Å². The van der Waals surface area contributed by atoms with Gasteiger partial charge in [0.2, 0.25) is 0 Å². The lowest BCUT2D eigenvalue weighted by molar-refractivity contribution is 0.153. The van der Waals surface area contributed by atoms with Crippen LogP contribution in [0.3, 0.4) is 0 Å². The van der Waals surface area contributed by atoms with E-state index in [-0.39, 0.29) is 6.10 Å². The third-order valence-corrected chi connectivity index (χ3v) is 2.84. The van der Waals surface area contributed by atoms with Crippen molar-refractivity contribution in [2.75, 3.05) is 20.6 Å². The van der Waals surface area contributed by atoms with Gasteiger partial charge in [-0.15, -0.1) is 0 Å². The summed E-state index contributed by atoms with van der Waals surface area (Å²) >= 11 is 3.43. The molecule has 1 aromatic rings. The Morgan fingerprint density at radius 2 is 2.00 bits per heavy atom. The Labute approximate surface area is 93.7 Å². The standard InChI is InChI=1S/C11H16BrNO/c1-13(2)8-7-11(14)9-5-3-4-6-10(9)12/h3-6,11,14H,7-8H2,1-2H3. The van der Waals surface area contributed by atoms with Crippen molar-refractivity contribution >= 4 is 15.9 Å². The summed E-state index contributed by atoms with van der Waals surface area (Å²) in [5.74, 6) is 0. The van der Waals surface area contributed by atoms with E-state index < -0.39 is 0 Å². The minimum Gasteiger partial charge on any atom is -0.388 e. The first-order valence-electron chi connectivity index (χ1n) is 4.68. The largest absolute Gasteiger partial charge is 0.388 e. The highest BCUT2D eigenvalue weighted by Gasteiger charge is 2.10. The number of aliphatic hydroxyl groups excluding tert-OH is 1. The van der Waals surface area contributed by atoms with E-state index in [1.165, 1.54) is 0 Å². The number of benzene rings is 1. The molecule has 1 atom stereocenters. The highest BCUT2D eigenvalue weighted by atomic mass is 79.9. The summed E-state index contributed by atoms with van der Waals surface area (Å²) in [6.07, 6.45) is 0.378. The molecule has 3 heteroatoms. The molecule has 1 rings (SSSR count). The lowest BCUT2D eigenvalue weighted by Crippen LogP contribution is -2.16. The van der Waals surface area contributed by atoms with Crippen LogP contribution in [-0.2, 0) is 0 Å². The smallest absolute Gasteiger partial charge is 0.0813 e. The first-order chi connectivity index (χ1) is 6.61. The molecule has 78 valence electrons. The van der Waals surface area contributed by atoms with Crippen molar-refractivity contribution in [1.29, 1.82) is 0 Å². The zero-order valence-corrected chi connectivity index (χ0v) is 10.2. The molecular weight excluding hydrogens is 242 g/mol. The minimum absolute atomic E-state index is 0.382. The number of hydrogen-bond donors (Lipinski definition) is 1. The second kappa shape index (κ2) is 5.49. The van der Waals surface area contributed by atoms with Crippen LogP contribution in [-0.4, -0.2) is 30.6 Å². The van der Waals surface area contributed by atoms with Crippen LogP contribution < -0.4 is 0 Å². The van der Waals surface area contributed by atoms with Crippen LogP contribution >= 0.6 is 15.9 Å². The summed E-state index contributed by atoms with van der Waals surface area (Å²) in [7, 11) is 4.01. The fourth-order valence-corrected chi connectivity index (χ4v) is 1.83. The molecule has 0 amide bonds. The number of aliphatic hydroxyl groups is 1. The number of halogens is 1. The monoisotopic (exact) mass is 257 g/mol. The molecule has 0 aliphatic carbocycles. The zero-order chi connectivity index (χ0) is 10.6. The van der Waals surface area contributed by atoms with Crippen molar-refractivity contribution in [3.05, 3.63) is 34.3 Å². The Kier molecular flexibility index (Phi) is 4.58. The summed E-state index contributed by atoms with van der Waals surface area (Å²) in [6.45, 7) is 0.891. The number of nitrogens with zero attached hydrogens (tertiary/aromatic N) is 1. The van der Waals surface area contributed by atoms with Crippen LogP contribution in [0.2, 0.25) is 0 Å². The quantitative estimate of drug-likeness (QED) is 0.896. The van der Waals surface area contributed by atoms with Gasteiger partial charge in [-0.3, -0.25) is 0 Å². The molecule has 0 aliphatic rings. The Hall–Kier alpha value is -0.380. The minimum atomic E-state index is -0.382. The van der Waals surface area contributed by atoms with Gasteiger partial charge < -0.3 is 10.0 Å². The summed E-state index contributed by atoms with van der Waals surface area (Å²) < 4.78 is 0.978. The third-order valence-electron chi connectivity index (χ3n) is 2.11. The van der Waals surface area contributed by atoms with Gasteiger partial charge in [-0.1, -0.05) is 34.1 Å². The highest BCUT2D eigenvalue weighted by Crippen LogP contribution is 2.24. The maximum atomic E-state index is 9.89. The Balaban J connectivity index is 2.60. The van der Waals surface area contributed by atoms with Gasteiger partial charge >= 0.3 is 0 Å². The molecule has 0 bridgehead atoms. The van der Waals surface area contributed by atoms with Gasteiger partial charge in [0.05, 0.1) is 6.10 Å². The van der Waals surface area contributed by atoms with Crippen LogP contribution in [0.15, 0.2) is 28.7 Å². The second-order valence-electron chi connectivity index (χ2n) is 3.63. The molecule has 0 aromatic heterocycles. The first kappa shape index (κ1) is 11.7. The lowest BCUT2D eigenvalue weighted by atomic mass is 10.1. The molecule has 0 radical (unpaired) electrons. The van der Waals surface area contributed by atoms with Crippen LogP contribution in [0.5, 0.6) is 0 Å². The van der Waals surface area contributed by atoms with Gasteiger partial charge in [-0.05, 0) is 32.1 Å². The third kappa shape index (κ3) is 3.40. The summed E-state index contributed by atoms with van der Waals surface area (Å²) in [4.78, 5) is 2.07. The molecule has 1 aromatic carbocycles. The zero-order valence-electron chi connectivity index (χ0n) is 8.57. The van der Waals surface area contributed by atoms with Crippen LogP contribution in [0.4, 0.5) is 0 Å². The van der Waals surface area contributed by atoms with Crippen LogP contribution in [0.25, 0.3) is 0 Å². The Morgan fingerprint density at radius 1 is 1.36 bits per heavy atom. The SMILES string of the molecule is CN(C)CCC(O)c1ccccc1Br. The van der Waals surface area contributed by atoms with E-state index in [9.17, 15) is 5.11 Å². The van der Waals surface area contributed by atoms with E-state index in [4.69, 9.17) is 0 Å². The normalized spacial score (nSPS) is 13.2. The Bertz CT molecular complexity index is 288. The molecule has 1 N–H and O–H groups in total. The molecular formula is C11H16BrNO. The molecule has 0 saturated heterocycles. The molecule has 14 heavy (non-hydrogen) atoms. The van der Waals surface area contributed by atoms with Crippen molar-refractivity contribution in [1.82, 2.24) is 4.90 Å². The molecule has 1 unspecified atom stereocenters. The van der Waals surface area contributed by atoms with E-state index in [1.807, 2.05) is 38.4 Å².